The van der Waals surface area contributed by atoms with Crippen LogP contribution in [0.15, 0.2) is 58.9 Å². The van der Waals surface area contributed by atoms with Crippen LogP contribution in [0.25, 0.3) is 0 Å². The maximum Gasteiger partial charge on any atom is 0.257 e. The van der Waals surface area contributed by atoms with Crippen molar-refractivity contribution in [2.45, 2.75) is 23.4 Å². The van der Waals surface area contributed by atoms with Crippen molar-refractivity contribution in [3.05, 3.63) is 77.0 Å². The molecule has 0 unspecified atom stereocenters. The summed E-state index contributed by atoms with van der Waals surface area (Å²) in [6, 6.07) is 15.3. The van der Waals surface area contributed by atoms with Gasteiger partial charge in [0.05, 0.1) is 23.6 Å². The van der Waals surface area contributed by atoms with E-state index in [4.69, 9.17) is 4.74 Å². The monoisotopic (exact) mass is 622 g/mol. The van der Waals surface area contributed by atoms with Gasteiger partial charge < -0.3 is 19.9 Å². The summed E-state index contributed by atoms with van der Waals surface area (Å²) < 4.78 is 6.37. The molecule has 0 aliphatic carbocycles. The fraction of sp³-hybridized carbons (Fsp3) is 0.419. The number of anilines is 1. The highest BCUT2D eigenvalue weighted by atomic mass is 32.2. The Bertz CT molecular complexity index is 1380. The molecule has 12 heteroatoms. The average Bonchev–Trinajstić information content (AvgIpc) is 3.49. The Morgan fingerprint density at radius 1 is 0.930 bits per heavy atom. The molecule has 10 nitrogen and oxygen atoms in total. The van der Waals surface area contributed by atoms with Crippen molar-refractivity contribution in [3.63, 3.8) is 0 Å². The first-order valence-corrected chi connectivity index (χ1v) is 16.4. The molecule has 2 fully saturated rings. The van der Waals surface area contributed by atoms with E-state index < -0.39 is 0 Å². The smallest absolute Gasteiger partial charge is 0.257 e. The maximum atomic E-state index is 13.0. The molecule has 0 bridgehead atoms. The van der Waals surface area contributed by atoms with Crippen molar-refractivity contribution in [2.75, 3.05) is 70.9 Å². The van der Waals surface area contributed by atoms with Crippen molar-refractivity contribution in [1.82, 2.24) is 25.0 Å². The van der Waals surface area contributed by atoms with E-state index in [1.54, 1.807) is 29.8 Å². The number of nitrogens with zero attached hydrogens (tertiary/aromatic N) is 4. The zero-order chi connectivity index (χ0) is 30.0. The van der Waals surface area contributed by atoms with E-state index in [9.17, 15) is 14.4 Å². The van der Waals surface area contributed by atoms with Gasteiger partial charge in [0.15, 0.2) is 5.13 Å². The Hall–Kier alpha value is -3.29. The molecule has 2 N–H and O–H groups in total. The molecule has 2 aliphatic heterocycles. The number of hydrogen-bond donors (Lipinski definition) is 2. The van der Waals surface area contributed by atoms with E-state index >= 15 is 0 Å². The number of carbonyl (C=O) groups excluding carboxylic acids is 3. The predicted molar refractivity (Wildman–Crippen MR) is 170 cm³/mol. The Kier molecular flexibility index (Phi) is 11.2. The third-order valence-corrected chi connectivity index (χ3v) is 9.70. The van der Waals surface area contributed by atoms with Crippen molar-refractivity contribution in [3.8, 4) is 0 Å². The molecule has 43 heavy (non-hydrogen) atoms. The van der Waals surface area contributed by atoms with E-state index in [-0.39, 0.29) is 17.7 Å². The molecule has 3 heterocycles. The molecule has 228 valence electrons. The van der Waals surface area contributed by atoms with Gasteiger partial charge in [-0.05, 0) is 35.4 Å². The van der Waals surface area contributed by atoms with Gasteiger partial charge in [-0.15, -0.1) is 11.8 Å². The molecule has 0 saturated carbocycles. The van der Waals surface area contributed by atoms with Gasteiger partial charge in [0.25, 0.3) is 11.8 Å². The lowest BCUT2D eigenvalue weighted by molar-refractivity contribution is -0.130. The van der Waals surface area contributed by atoms with Crippen molar-refractivity contribution in [2.24, 2.45) is 0 Å². The lowest BCUT2D eigenvalue weighted by Crippen LogP contribution is -2.50. The molecule has 0 radical (unpaired) electrons. The second-order valence-electron chi connectivity index (χ2n) is 10.6. The molecule has 2 aromatic carbocycles. The quantitative estimate of drug-likeness (QED) is 0.248. The van der Waals surface area contributed by atoms with E-state index in [0.717, 1.165) is 61.3 Å². The molecule has 3 aromatic rings. The zero-order valence-corrected chi connectivity index (χ0v) is 26.1. The number of morpholine rings is 1. The minimum atomic E-state index is -0.187. The molecule has 3 amide bonds. The van der Waals surface area contributed by atoms with Crippen LogP contribution in [0.5, 0.6) is 0 Å². The topological polar surface area (TPSA) is 107 Å². The van der Waals surface area contributed by atoms with Gasteiger partial charge in [0, 0.05) is 82.7 Å². The van der Waals surface area contributed by atoms with Crippen LogP contribution in [0.1, 0.15) is 38.8 Å². The molecule has 0 spiro atoms. The number of aromatic nitrogens is 1. The SMILES string of the molecule is CC(=O)N1CCN(C(=O)c2cccc(CSc3cnc(NC(=O)c4ccc(CNCCN5CCOCC5)cc4)s3)c2)CC1. The molecule has 2 saturated heterocycles. The minimum absolute atomic E-state index is 0.00841. The molecular weight excluding hydrogens is 585 g/mol. The van der Waals surface area contributed by atoms with E-state index in [1.165, 1.54) is 11.3 Å². The average molecular weight is 623 g/mol. The van der Waals surface area contributed by atoms with Crippen LogP contribution in [-0.2, 0) is 21.8 Å². The second kappa shape index (κ2) is 15.4. The Labute approximate surface area is 260 Å². The summed E-state index contributed by atoms with van der Waals surface area (Å²) in [7, 11) is 0. The van der Waals surface area contributed by atoms with Gasteiger partial charge >= 0.3 is 0 Å². The highest BCUT2D eigenvalue weighted by molar-refractivity contribution is 8.00. The molecule has 5 rings (SSSR count). The summed E-state index contributed by atoms with van der Waals surface area (Å²) in [6.07, 6.45) is 1.76. The zero-order valence-electron chi connectivity index (χ0n) is 24.4. The van der Waals surface area contributed by atoms with Gasteiger partial charge in [0.1, 0.15) is 0 Å². The van der Waals surface area contributed by atoms with Crippen LogP contribution in [-0.4, -0.2) is 103 Å². The summed E-state index contributed by atoms with van der Waals surface area (Å²) in [6.45, 7) is 10.1. The van der Waals surface area contributed by atoms with Gasteiger partial charge in [-0.2, -0.15) is 0 Å². The van der Waals surface area contributed by atoms with E-state index in [1.807, 2.05) is 53.4 Å². The molecular formula is C31H38N6O4S2. The number of amides is 3. The summed E-state index contributed by atoms with van der Waals surface area (Å²) >= 11 is 3.05. The minimum Gasteiger partial charge on any atom is -0.379 e. The van der Waals surface area contributed by atoms with E-state index in [2.05, 4.69) is 20.5 Å². The number of hydrogen-bond acceptors (Lipinski definition) is 9. The fourth-order valence-electron chi connectivity index (χ4n) is 4.98. The number of ether oxygens (including phenoxy) is 1. The normalized spacial score (nSPS) is 15.8. The van der Waals surface area contributed by atoms with E-state index in [0.29, 0.717) is 48.2 Å². The lowest BCUT2D eigenvalue weighted by atomic mass is 10.1. The van der Waals surface area contributed by atoms with Gasteiger partial charge in [-0.3, -0.25) is 24.6 Å². The van der Waals surface area contributed by atoms with Gasteiger partial charge in [-0.25, -0.2) is 4.98 Å². The highest BCUT2D eigenvalue weighted by Gasteiger charge is 2.23. The number of rotatable bonds is 11. The van der Waals surface area contributed by atoms with Crippen molar-refractivity contribution >= 4 is 46.0 Å². The predicted octanol–water partition coefficient (Wildman–Crippen LogP) is 3.41. The first-order chi connectivity index (χ1) is 20.9. The largest absolute Gasteiger partial charge is 0.379 e. The van der Waals surface area contributed by atoms with Gasteiger partial charge in [-0.1, -0.05) is 35.6 Å². The first kappa shape index (κ1) is 31.1. The number of thioether (sulfide) groups is 1. The lowest BCUT2D eigenvalue weighted by Gasteiger charge is -2.34. The van der Waals surface area contributed by atoms with Crippen LogP contribution in [0, 0.1) is 0 Å². The summed E-state index contributed by atoms with van der Waals surface area (Å²) in [5.74, 6) is 0.528. The molecule has 2 aliphatic rings. The summed E-state index contributed by atoms with van der Waals surface area (Å²) in [5.41, 5.74) is 3.41. The second-order valence-corrected chi connectivity index (χ2v) is 12.9. The summed E-state index contributed by atoms with van der Waals surface area (Å²) in [4.78, 5) is 47.7. The Morgan fingerprint density at radius 3 is 2.42 bits per heavy atom. The van der Waals surface area contributed by atoms with Crippen LogP contribution >= 0.6 is 23.1 Å². The number of thiazole rings is 1. The molecule has 0 atom stereocenters. The van der Waals surface area contributed by atoms with Crippen molar-refractivity contribution < 1.29 is 19.1 Å². The third-order valence-electron chi connectivity index (χ3n) is 7.53. The molecule has 1 aromatic heterocycles. The summed E-state index contributed by atoms with van der Waals surface area (Å²) in [5, 5.41) is 6.92. The van der Waals surface area contributed by atoms with Gasteiger partial charge in [0.2, 0.25) is 5.91 Å². The standard InChI is InChI=1S/C31H38N6O4S2/c1-23(38)36-11-13-37(14-12-36)30(40)27-4-2-3-25(19-27)22-42-28-21-33-31(43-28)34-29(39)26-7-5-24(6-8-26)20-32-9-10-35-15-17-41-18-16-35/h2-8,19,21,32H,9-18,20,22H2,1H3,(H,33,34,39). The third kappa shape index (κ3) is 9.10. The van der Waals surface area contributed by atoms with Crippen molar-refractivity contribution in [1.29, 1.82) is 0 Å². The highest BCUT2D eigenvalue weighted by Crippen LogP contribution is 2.31. The number of nitrogens with one attached hydrogen (secondary N) is 2. The fourth-order valence-corrected chi connectivity index (χ4v) is 6.79. The van der Waals surface area contributed by atoms with Crippen LogP contribution in [0.3, 0.4) is 0 Å². The van der Waals surface area contributed by atoms with Crippen LogP contribution < -0.4 is 10.6 Å². The number of piperazine rings is 1. The first-order valence-electron chi connectivity index (χ1n) is 14.6. The maximum absolute atomic E-state index is 13.0. The Balaban J connectivity index is 1.05. The van der Waals surface area contributed by atoms with Crippen LogP contribution in [0.4, 0.5) is 5.13 Å². The number of benzene rings is 2. The number of carbonyl (C=O) groups is 3. The Morgan fingerprint density at radius 2 is 1.67 bits per heavy atom. The van der Waals surface area contributed by atoms with Crippen LogP contribution in [0.2, 0.25) is 0 Å².